The maximum absolute atomic E-state index is 13.0. The monoisotopic (exact) mass is 626 g/mol. The summed E-state index contributed by atoms with van der Waals surface area (Å²) in [6.45, 7) is -0.644. The van der Waals surface area contributed by atoms with Gasteiger partial charge in [0.25, 0.3) is 0 Å². The molecule has 6 rings (SSSR count). The van der Waals surface area contributed by atoms with Crippen molar-refractivity contribution < 1.29 is 43.3 Å². The van der Waals surface area contributed by atoms with E-state index in [0.29, 0.717) is 16.9 Å². The molecule has 2 fully saturated rings. The minimum Gasteiger partial charge on any atom is -0.387 e. The number of nitrogen functional groups attached to an aromatic ring is 2. The molecule has 0 saturated carbocycles. The average molecular weight is 627 g/mol. The van der Waals surface area contributed by atoms with Crippen molar-refractivity contribution in [2.75, 3.05) is 30.1 Å². The lowest BCUT2D eigenvalue weighted by atomic mass is 10.1. The van der Waals surface area contributed by atoms with Gasteiger partial charge in [0, 0.05) is 5.75 Å². The molecule has 0 bridgehead atoms. The molecule has 0 amide bonds. The topological polar surface area (TPSA) is 274 Å². The van der Waals surface area contributed by atoms with Crippen LogP contribution >= 0.6 is 19.6 Å². The van der Waals surface area contributed by atoms with Crippen LogP contribution in [0.1, 0.15) is 12.5 Å². The van der Waals surface area contributed by atoms with E-state index in [-0.39, 0.29) is 22.8 Å². The summed E-state index contributed by atoms with van der Waals surface area (Å²) >= 11 is 1.37. The number of anilines is 2. The lowest BCUT2D eigenvalue weighted by Gasteiger charge is -2.24. The van der Waals surface area contributed by atoms with Crippen LogP contribution < -0.4 is 11.5 Å². The third-order valence-electron chi connectivity index (χ3n) is 6.96. The molecule has 4 aromatic heterocycles. The second-order valence-corrected chi connectivity index (χ2v) is 11.9. The summed E-state index contributed by atoms with van der Waals surface area (Å²) in [6.07, 6.45) is -3.12. The highest BCUT2D eigenvalue weighted by Crippen LogP contribution is 2.49. The molecule has 1 unspecified atom stereocenters. The zero-order valence-electron chi connectivity index (χ0n) is 21.8. The van der Waals surface area contributed by atoms with Crippen LogP contribution in [0.2, 0.25) is 0 Å². The molecule has 2 aliphatic heterocycles. The van der Waals surface area contributed by atoms with E-state index < -0.39 is 63.5 Å². The van der Waals surface area contributed by atoms with Crippen LogP contribution in [0.15, 0.2) is 25.3 Å². The number of rotatable bonds is 9. The number of ether oxygens (including phenoxy) is 2. The molecule has 42 heavy (non-hydrogen) atoms. The number of hydrogen-bond donors (Lipinski definition) is 6. The Morgan fingerprint density at radius 3 is 2.00 bits per heavy atom. The zero-order valence-corrected chi connectivity index (χ0v) is 23.5. The number of hydrogen-bond acceptors (Lipinski definition) is 17. The van der Waals surface area contributed by atoms with E-state index in [0.717, 1.165) is 0 Å². The number of nitrogens with two attached hydrogens (primary N) is 2. The third kappa shape index (κ3) is 5.08. The fraction of sp³-hybridized carbons (Fsp3) is 0.524. The molecule has 9 atom stereocenters. The van der Waals surface area contributed by atoms with Gasteiger partial charge in [0.1, 0.15) is 54.2 Å². The summed E-state index contributed by atoms with van der Waals surface area (Å²) in [5.41, 5.74) is 12.8. The van der Waals surface area contributed by atoms with Gasteiger partial charge in [-0.1, -0.05) is 0 Å². The van der Waals surface area contributed by atoms with Gasteiger partial charge >= 0.3 is 7.82 Å². The molecular formula is C21H27N10O9PS. The van der Waals surface area contributed by atoms with E-state index in [1.165, 1.54) is 46.2 Å². The van der Waals surface area contributed by atoms with E-state index in [4.69, 9.17) is 30.0 Å². The smallest absolute Gasteiger partial charge is 0.387 e. The molecule has 8 N–H and O–H groups in total. The highest BCUT2D eigenvalue weighted by molar-refractivity contribution is 7.98. The van der Waals surface area contributed by atoms with Gasteiger partial charge < -0.3 is 41.2 Å². The average Bonchev–Trinajstić information content (AvgIpc) is 3.71. The van der Waals surface area contributed by atoms with E-state index in [2.05, 4.69) is 29.9 Å². The van der Waals surface area contributed by atoms with E-state index in [9.17, 15) is 24.8 Å². The van der Waals surface area contributed by atoms with Crippen LogP contribution in [0.3, 0.4) is 0 Å². The number of phosphoric acid groups is 1. The van der Waals surface area contributed by atoms with Gasteiger partial charge in [-0.15, -0.1) is 0 Å². The van der Waals surface area contributed by atoms with Gasteiger partial charge in [0.2, 0.25) is 0 Å². The predicted molar refractivity (Wildman–Crippen MR) is 144 cm³/mol. The summed E-state index contributed by atoms with van der Waals surface area (Å²) in [4.78, 5) is 34.8. The molecule has 0 aliphatic carbocycles. The second kappa shape index (κ2) is 11.2. The SMILES string of the molecule is CSC[C@H]1O[C@@H](n2cnc3c(N)ncnc32)[C@H](O)[C@@H]1OP(=O)(O)OC[C@H]1O[C@@H](n2cnc3c(N)ncnc32)[C@H](O)[C@@H]1O. The fourth-order valence-electron chi connectivity index (χ4n) is 4.94. The summed E-state index contributed by atoms with van der Waals surface area (Å²) in [6, 6.07) is 0. The minimum absolute atomic E-state index is 0.115. The van der Waals surface area contributed by atoms with Crippen LogP contribution in [0.5, 0.6) is 0 Å². The lowest BCUT2D eigenvalue weighted by Crippen LogP contribution is -2.36. The molecule has 2 saturated heterocycles. The standard InChI is InChI=1S/C21H27N10O9PS/c1-42-3-9-15(14(34)21(39-9)31-7-29-11-17(23)25-5-27-19(11)31)40-41(35,36)37-2-8-12(32)13(33)20(38-8)30-6-28-10-16(22)24-4-26-18(10)30/h4-9,12-15,20-21,32-34H,2-3H2,1H3,(H,35,36)(H2,22,24,26)(H2,23,25,27)/t8-,9-,12-,13-,14-,15-,20-,21-/m1/s1. The van der Waals surface area contributed by atoms with Crippen molar-refractivity contribution in [3.63, 3.8) is 0 Å². The molecule has 0 spiro atoms. The van der Waals surface area contributed by atoms with Crippen LogP contribution in [-0.4, -0.2) is 114 Å². The number of thioether (sulfide) groups is 1. The van der Waals surface area contributed by atoms with Crippen molar-refractivity contribution in [2.45, 2.75) is 49.1 Å². The summed E-state index contributed by atoms with van der Waals surface area (Å²) in [7, 11) is -4.87. The van der Waals surface area contributed by atoms with Crippen molar-refractivity contribution in [3.8, 4) is 0 Å². The van der Waals surface area contributed by atoms with Gasteiger partial charge in [-0.3, -0.25) is 18.2 Å². The summed E-state index contributed by atoms with van der Waals surface area (Å²) < 4.78 is 38.1. The number of imidazole rings is 2. The molecule has 0 radical (unpaired) electrons. The summed E-state index contributed by atoms with van der Waals surface area (Å²) in [5.74, 6) is 0.548. The Bertz CT molecular complexity index is 1640. The molecule has 19 nitrogen and oxygen atoms in total. The fourth-order valence-corrected chi connectivity index (χ4v) is 6.50. The molecule has 226 valence electrons. The van der Waals surface area contributed by atoms with E-state index in [1.54, 1.807) is 6.26 Å². The van der Waals surface area contributed by atoms with Gasteiger partial charge in [0.05, 0.1) is 25.4 Å². The minimum atomic E-state index is -4.87. The van der Waals surface area contributed by atoms with Gasteiger partial charge in [-0.05, 0) is 6.26 Å². The lowest BCUT2D eigenvalue weighted by molar-refractivity contribution is -0.0552. The van der Waals surface area contributed by atoms with Crippen molar-refractivity contribution in [2.24, 2.45) is 0 Å². The second-order valence-electron chi connectivity index (χ2n) is 9.56. The first-order chi connectivity index (χ1) is 20.1. The first-order valence-electron chi connectivity index (χ1n) is 12.5. The first kappa shape index (κ1) is 29.1. The highest BCUT2D eigenvalue weighted by atomic mass is 32.2. The quantitative estimate of drug-likeness (QED) is 0.116. The van der Waals surface area contributed by atoms with Crippen LogP contribution in [0.4, 0.5) is 11.6 Å². The number of aliphatic hydroxyl groups excluding tert-OH is 3. The van der Waals surface area contributed by atoms with Gasteiger partial charge in [0.15, 0.2) is 35.4 Å². The molecule has 6 heterocycles. The molecule has 21 heteroatoms. The number of aliphatic hydroxyl groups is 3. The number of nitrogens with zero attached hydrogens (tertiary/aromatic N) is 8. The Morgan fingerprint density at radius 1 is 0.881 bits per heavy atom. The highest BCUT2D eigenvalue weighted by Gasteiger charge is 2.50. The Hall–Kier alpha value is -3.04. The van der Waals surface area contributed by atoms with E-state index in [1.807, 2.05) is 0 Å². The first-order valence-corrected chi connectivity index (χ1v) is 15.3. The Morgan fingerprint density at radius 2 is 1.43 bits per heavy atom. The third-order valence-corrected chi connectivity index (χ3v) is 8.60. The van der Waals surface area contributed by atoms with Crippen LogP contribution in [0, 0.1) is 0 Å². The molecule has 4 aromatic rings. The van der Waals surface area contributed by atoms with Gasteiger partial charge in [-0.25, -0.2) is 34.5 Å². The molecule has 2 aliphatic rings. The van der Waals surface area contributed by atoms with Crippen LogP contribution in [0.25, 0.3) is 22.3 Å². The van der Waals surface area contributed by atoms with Crippen molar-refractivity contribution >= 4 is 53.5 Å². The normalized spacial score (nSPS) is 31.3. The largest absolute Gasteiger partial charge is 0.472 e. The Balaban J connectivity index is 1.15. The predicted octanol–water partition coefficient (Wildman–Crippen LogP) is -1.43. The zero-order chi connectivity index (χ0) is 29.8. The maximum atomic E-state index is 13.0. The van der Waals surface area contributed by atoms with Crippen molar-refractivity contribution in [3.05, 3.63) is 25.3 Å². The van der Waals surface area contributed by atoms with Crippen LogP contribution in [-0.2, 0) is 23.1 Å². The molecule has 0 aromatic carbocycles. The Kier molecular flexibility index (Phi) is 7.77. The van der Waals surface area contributed by atoms with Gasteiger partial charge in [-0.2, -0.15) is 11.8 Å². The van der Waals surface area contributed by atoms with Crippen molar-refractivity contribution in [1.82, 2.24) is 39.0 Å². The number of aromatic nitrogens is 8. The van der Waals surface area contributed by atoms with Crippen molar-refractivity contribution in [1.29, 1.82) is 0 Å². The maximum Gasteiger partial charge on any atom is 0.472 e. The number of phosphoric ester groups is 1. The molecular weight excluding hydrogens is 599 g/mol. The van der Waals surface area contributed by atoms with E-state index >= 15 is 0 Å². The number of fused-ring (bicyclic) bond motifs is 2. The summed E-state index contributed by atoms with van der Waals surface area (Å²) in [5, 5.41) is 32.3. The Labute approximate surface area is 240 Å².